The van der Waals surface area contributed by atoms with Crippen LogP contribution in [-0.2, 0) is 18.3 Å². The van der Waals surface area contributed by atoms with Gasteiger partial charge in [-0.25, -0.2) is 4.98 Å². The number of piperazine rings is 1. The van der Waals surface area contributed by atoms with Crippen LogP contribution in [0.4, 0.5) is 0 Å². The first-order valence-electron chi connectivity index (χ1n) is 9.37. The van der Waals surface area contributed by atoms with Crippen LogP contribution in [0, 0.1) is 6.92 Å². The Balaban J connectivity index is 1.45. The molecule has 0 spiro atoms. The summed E-state index contributed by atoms with van der Waals surface area (Å²) in [4.78, 5) is 51.0. The topological polar surface area (TPSA) is 88.4 Å². The Morgan fingerprint density at radius 3 is 2.52 bits per heavy atom. The number of thiophene rings is 1. The second kappa shape index (κ2) is 7.75. The normalized spacial score (nSPS) is 14.4. The Hall–Kier alpha value is -3.07. The first-order chi connectivity index (χ1) is 14.0. The lowest BCUT2D eigenvalue weighted by atomic mass is 10.2. The predicted molar refractivity (Wildman–Crippen MR) is 110 cm³/mol. The fourth-order valence-corrected chi connectivity index (χ4v) is 4.59. The minimum absolute atomic E-state index is 0.0153. The van der Waals surface area contributed by atoms with Crippen molar-refractivity contribution in [2.24, 2.45) is 7.05 Å². The molecule has 1 saturated heterocycles. The van der Waals surface area contributed by atoms with Crippen molar-refractivity contribution in [3.8, 4) is 0 Å². The van der Waals surface area contributed by atoms with Crippen LogP contribution in [0.2, 0.25) is 0 Å². The van der Waals surface area contributed by atoms with E-state index in [1.807, 2.05) is 18.2 Å². The van der Waals surface area contributed by atoms with Gasteiger partial charge in [-0.3, -0.25) is 19.4 Å². The van der Waals surface area contributed by atoms with E-state index in [4.69, 9.17) is 0 Å². The number of hydrogen-bond acceptors (Lipinski definition) is 6. The van der Waals surface area contributed by atoms with Crippen LogP contribution in [0.5, 0.6) is 0 Å². The molecule has 0 bridgehead atoms. The van der Waals surface area contributed by atoms with E-state index in [1.165, 1.54) is 22.2 Å². The van der Waals surface area contributed by atoms with Crippen LogP contribution in [0.3, 0.4) is 0 Å². The van der Waals surface area contributed by atoms with E-state index in [2.05, 4.69) is 9.97 Å². The largest absolute Gasteiger partial charge is 0.339 e. The molecule has 9 heteroatoms. The van der Waals surface area contributed by atoms with Crippen molar-refractivity contribution in [2.45, 2.75) is 13.3 Å². The number of carbonyl (C=O) groups is 2. The van der Waals surface area contributed by atoms with Crippen molar-refractivity contribution in [3.05, 3.63) is 57.2 Å². The molecule has 0 aromatic carbocycles. The number of aryl methyl sites for hydroxylation is 2. The van der Waals surface area contributed by atoms with Crippen LogP contribution < -0.4 is 5.56 Å². The maximum atomic E-state index is 13.0. The summed E-state index contributed by atoms with van der Waals surface area (Å²) in [6.45, 7) is 3.70. The first kappa shape index (κ1) is 19.3. The second-order valence-electron chi connectivity index (χ2n) is 7.07. The lowest BCUT2D eigenvalue weighted by molar-refractivity contribution is -0.132. The summed E-state index contributed by atoms with van der Waals surface area (Å²) in [6.07, 6.45) is 3.41. The molecule has 8 nitrogen and oxygen atoms in total. The average Bonchev–Trinajstić information content (AvgIpc) is 3.08. The molecule has 0 N–H and O–H groups in total. The van der Waals surface area contributed by atoms with Crippen LogP contribution in [-0.4, -0.2) is 62.3 Å². The standard InChI is InChI=1S/C20H21N5O3S/c1-13-16-18(22-12-23(2)19(16)27)29-17(13)20(28)25-9-7-24(8-10-25)15(26)11-14-5-3-4-6-21-14/h3-6,12H,7-11H2,1-2H3. The summed E-state index contributed by atoms with van der Waals surface area (Å²) in [5.41, 5.74) is 1.27. The van der Waals surface area contributed by atoms with Crippen molar-refractivity contribution < 1.29 is 9.59 Å². The smallest absolute Gasteiger partial charge is 0.264 e. The van der Waals surface area contributed by atoms with Gasteiger partial charge in [-0.1, -0.05) is 6.07 Å². The van der Waals surface area contributed by atoms with E-state index in [0.29, 0.717) is 46.8 Å². The zero-order chi connectivity index (χ0) is 20.5. The molecule has 4 heterocycles. The maximum absolute atomic E-state index is 13.0. The second-order valence-corrected chi connectivity index (χ2v) is 8.07. The van der Waals surface area contributed by atoms with Gasteiger partial charge in [0.05, 0.1) is 23.0 Å². The molecule has 0 aliphatic carbocycles. The Morgan fingerprint density at radius 2 is 1.83 bits per heavy atom. The van der Waals surface area contributed by atoms with Gasteiger partial charge in [-0.05, 0) is 24.6 Å². The molecule has 0 saturated carbocycles. The van der Waals surface area contributed by atoms with Gasteiger partial charge in [0.1, 0.15) is 4.83 Å². The van der Waals surface area contributed by atoms with Gasteiger partial charge in [0, 0.05) is 45.1 Å². The van der Waals surface area contributed by atoms with Crippen LogP contribution in [0.15, 0.2) is 35.5 Å². The number of carbonyl (C=O) groups excluding carboxylic acids is 2. The Kier molecular flexibility index (Phi) is 5.14. The van der Waals surface area contributed by atoms with Gasteiger partial charge in [-0.2, -0.15) is 0 Å². The quantitative estimate of drug-likeness (QED) is 0.647. The lowest BCUT2D eigenvalue weighted by Crippen LogP contribution is -2.51. The minimum atomic E-state index is -0.146. The fourth-order valence-electron chi connectivity index (χ4n) is 3.48. The third-order valence-electron chi connectivity index (χ3n) is 5.18. The van der Waals surface area contributed by atoms with Crippen molar-refractivity contribution in [3.63, 3.8) is 0 Å². The molecule has 1 aliphatic heterocycles. The number of hydrogen-bond donors (Lipinski definition) is 0. The zero-order valence-corrected chi connectivity index (χ0v) is 17.1. The summed E-state index contributed by atoms with van der Waals surface area (Å²) in [7, 11) is 1.65. The summed E-state index contributed by atoms with van der Waals surface area (Å²) in [5.74, 6) is -0.0917. The maximum Gasteiger partial charge on any atom is 0.264 e. The third-order valence-corrected chi connectivity index (χ3v) is 6.37. The number of amides is 2. The highest BCUT2D eigenvalue weighted by atomic mass is 32.1. The monoisotopic (exact) mass is 411 g/mol. The number of rotatable bonds is 3. The first-order valence-corrected chi connectivity index (χ1v) is 10.2. The number of aromatic nitrogens is 3. The van der Waals surface area contributed by atoms with E-state index >= 15 is 0 Å². The Morgan fingerprint density at radius 1 is 1.10 bits per heavy atom. The molecule has 3 aromatic rings. The van der Waals surface area contributed by atoms with Crippen molar-refractivity contribution in [2.75, 3.05) is 26.2 Å². The van der Waals surface area contributed by atoms with Gasteiger partial charge >= 0.3 is 0 Å². The zero-order valence-electron chi connectivity index (χ0n) is 16.3. The van der Waals surface area contributed by atoms with Gasteiger partial charge < -0.3 is 14.4 Å². The van der Waals surface area contributed by atoms with E-state index in [-0.39, 0.29) is 23.8 Å². The highest BCUT2D eigenvalue weighted by molar-refractivity contribution is 7.20. The summed E-state index contributed by atoms with van der Waals surface area (Å²) >= 11 is 1.25. The minimum Gasteiger partial charge on any atom is -0.339 e. The van der Waals surface area contributed by atoms with Crippen molar-refractivity contribution in [1.82, 2.24) is 24.3 Å². The molecule has 29 heavy (non-hydrogen) atoms. The summed E-state index contributed by atoms with van der Waals surface area (Å²) < 4.78 is 1.42. The molecule has 1 aliphatic rings. The summed E-state index contributed by atoms with van der Waals surface area (Å²) in [6, 6.07) is 5.52. The van der Waals surface area contributed by atoms with E-state index < -0.39 is 0 Å². The average molecular weight is 411 g/mol. The Labute approximate surface area is 171 Å². The molecule has 0 radical (unpaired) electrons. The Bertz CT molecular complexity index is 1130. The van der Waals surface area contributed by atoms with E-state index in [0.717, 1.165) is 5.69 Å². The molecule has 2 amide bonds. The SMILES string of the molecule is Cc1c(C(=O)N2CCN(C(=O)Cc3ccccn3)CC2)sc2ncn(C)c(=O)c12. The molecule has 4 rings (SSSR count). The van der Waals surface area contributed by atoms with Gasteiger partial charge in [0.2, 0.25) is 5.91 Å². The van der Waals surface area contributed by atoms with Crippen LogP contribution in [0.25, 0.3) is 10.2 Å². The van der Waals surface area contributed by atoms with Crippen molar-refractivity contribution >= 4 is 33.4 Å². The number of fused-ring (bicyclic) bond motifs is 1. The lowest BCUT2D eigenvalue weighted by Gasteiger charge is -2.34. The highest BCUT2D eigenvalue weighted by Gasteiger charge is 2.28. The molecular weight excluding hydrogens is 390 g/mol. The van der Waals surface area contributed by atoms with Gasteiger partial charge in [-0.15, -0.1) is 11.3 Å². The molecular formula is C20H21N5O3S. The fraction of sp³-hybridized carbons (Fsp3) is 0.350. The van der Waals surface area contributed by atoms with E-state index in [1.54, 1.807) is 30.0 Å². The van der Waals surface area contributed by atoms with E-state index in [9.17, 15) is 14.4 Å². The molecule has 0 unspecified atom stereocenters. The number of nitrogens with zero attached hydrogens (tertiary/aromatic N) is 5. The molecule has 1 fully saturated rings. The molecule has 150 valence electrons. The molecule has 0 atom stereocenters. The van der Waals surface area contributed by atoms with Crippen molar-refractivity contribution in [1.29, 1.82) is 0 Å². The summed E-state index contributed by atoms with van der Waals surface area (Å²) in [5, 5.41) is 0.507. The number of pyridine rings is 1. The molecule has 3 aromatic heterocycles. The van der Waals surface area contributed by atoms with Gasteiger partial charge in [0.25, 0.3) is 11.5 Å². The predicted octanol–water partition coefficient (Wildman–Crippen LogP) is 1.23. The third kappa shape index (κ3) is 3.65. The van der Waals surface area contributed by atoms with Crippen LogP contribution in [0.1, 0.15) is 20.9 Å². The highest BCUT2D eigenvalue weighted by Crippen LogP contribution is 2.28. The van der Waals surface area contributed by atoms with Gasteiger partial charge in [0.15, 0.2) is 0 Å². The van der Waals surface area contributed by atoms with Crippen LogP contribution >= 0.6 is 11.3 Å².